The lowest BCUT2D eigenvalue weighted by Crippen LogP contribution is -2.03. The van der Waals surface area contributed by atoms with Crippen molar-refractivity contribution in [2.75, 3.05) is 0 Å². The maximum absolute atomic E-state index is 11.0. The smallest absolute Gasteiger partial charge is 0.339 e. The van der Waals surface area contributed by atoms with Gasteiger partial charge in [-0.15, -0.1) is 11.3 Å². The second kappa shape index (κ2) is 5.18. The number of carboxylic acids is 1. The van der Waals surface area contributed by atoms with Crippen molar-refractivity contribution < 1.29 is 14.6 Å². The molecule has 0 unspecified atom stereocenters. The molecule has 1 N–H and O–H groups in total. The summed E-state index contributed by atoms with van der Waals surface area (Å²) < 4.78 is 5.57. The van der Waals surface area contributed by atoms with E-state index in [9.17, 15) is 4.79 Å². The molecule has 2 rings (SSSR count). The molecule has 1 aromatic heterocycles. The summed E-state index contributed by atoms with van der Waals surface area (Å²) in [7, 11) is 0. The molecule has 4 nitrogen and oxygen atoms in total. The van der Waals surface area contributed by atoms with E-state index in [-0.39, 0.29) is 5.56 Å². The molecule has 0 aliphatic heterocycles. The van der Waals surface area contributed by atoms with Crippen LogP contribution in [0.15, 0.2) is 24.3 Å². The first kappa shape index (κ1) is 12.6. The number of ether oxygens (including phenoxy) is 1. The van der Waals surface area contributed by atoms with E-state index in [1.54, 1.807) is 29.5 Å². The second-order valence-corrected chi connectivity index (χ2v) is 5.12. The highest BCUT2D eigenvalue weighted by molar-refractivity contribution is 7.11. The van der Waals surface area contributed by atoms with Crippen LogP contribution in [0.3, 0.4) is 0 Å². The summed E-state index contributed by atoms with van der Waals surface area (Å²) in [5.74, 6) is -0.599. The van der Waals surface area contributed by atoms with Crippen molar-refractivity contribution in [3.05, 3.63) is 45.4 Å². The average molecular weight is 263 g/mol. The van der Waals surface area contributed by atoms with Gasteiger partial charge in [-0.2, -0.15) is 0 Å². The van der Waals surface area contributed by atoms with Gasteiger partial charge in [-0.3, -0.25) is 0 Å². The molecule has 0 atom stereocenters. The first-order valence-electron chi connectivity index (χ1n) is 5.46. The van der Waals surface area contributed by atoms with Crippen LogP contribution in [0.25, 0.3) is 0 Å². The van der Waals surface area contributed by atoms with E-state index < -0.39 is 5.97 Å². The van der Waals surface area contributed by atoms with Crippen LogP contribution in [-0.2, 0) is 6.61 Å². The van der Waals surface area contributed by atoms with Crippen LogP contribution >= 0.6 is 11.3 Å². The van der Waals surface area contributed by atoms with Crippen molar-refractivity contribution in [2.24, 2.45) is 0 Å². The topological polar surface area (TPSA) is 59.4 Å². The molecule has 5 heteroatoms. The maximum Gasteiger partial charge on any atom is 0.339 e. The Balaban J connectivity index is 2.15. The predicted molar refractivity (Wildman–Crippen MR) is 69.3 cm³/mol. The standard InChI is InChI=1S/C13H13NO3S/c1-8-12(18-9(2)14-8)7-17-11-6-4-3-5-10(11)13(15)16/h3-6H,7H2,1-2H3,(H,15,16). The van der Waals surface area contributed by atoms with Crippen molar-refractivity contribution in [2.45, 2.75) is 20.5 Å². The normalized spacial score (nSPS) is 10.3. The highest BCUT2D eigenvalue weighted by Gasteiger charge is 2.11. The fourth-order valence-electron chi connectivity index (χ4n) is 1.62. The quantitative estimate of drug-likeness (QED) is 0.921. The van der Waals surface area contributed by atoms with Crippen LogP contribution in [0.5, 0.6) is 5.75 Å². The van der Waals surface area contributed by atoms with Gasteiger partial charge >= 0.3 is 5.97 Å². The lowest BCUT2D eigenvalue weighted by Gasteiger charge is -2.07. The number of aryl methyl sites for hydroxylation is 2. The van der Waals surface area contributed by atoms with Gasteiger partial charge < -0.3 is 9.84 Å². The van der Waals surface area contributed by atoms with Gasteiger partial charge in [0.05, 0.1) is 15.6 Å². The van der Waals surface area contributed by atoms with E-state index in [0.717, 1.165) is 15.6 Å². The highest BCUT2D eigenvalue weighted by Crippen LogP contribution is 2.22. The third-order valence-electron chi connectivity index (χ3n) is 2.48. The first-order chi connectivity index (χ1) is 8.58. The van der Waals surface area contributed by atoms with E-state index in [4.69, 9.17) is 9.84 Å². The Hall–Kier alpha value is -1.88. The Labute approximate surface area is 109 Å². The van der Waals surface area contributed by atoms with Crippen LogP contribution < -0.4 is 4.74 Å². The highest BCUT2D eigenvalue weighted by atomic mass is 32.1. The maximum atomic E-state index is 11.0. The minimum Gasteiger partial charge on any atom is -0.487 e. The molecule has 0 fully saturated rings. The van der Waals surface area contributed by atoms with Crippen LogP contribution in [-0.4, -0.2) is 16.1 Å². The molecule has 1 heterocycles. The number of hydrogen-bond acceptors (Lipinski definition) is 4. The lowest BCUT2D eigenvalue weighted by atomic mass is 10.2. The monoisotopic (exact) mass is 263 g/mol. The van der Waals surface area contributed by atoms with Crippen LogP contribution in [0.2, 0.25) is 0 Å². The molecule has 0 radical (unpaired) electrons. The summed E-state index contributed by atoms with van der Waals surface area (Å²) in [6, 6.07) is 6.63. The summed E-state index contributed by atoms with van der Waals surface area (Å²) in [6.07, 6.45) is 0. The van der Waals surface area contributed by atoms with Gasteiger partial charge in [0, 0.05) is 0 Å². The summed E-state index contributed by atoms with van der Waals surface area (Å²) in [6.45, 7) is 4.21. The van der Waals surface area contributed by atoms with E-state index in [1.807, 2.05) is 13.8 Å². The van der Waals surface area contributed by atoms with Crippen LogP contribution in [0.4, 0.5) is 0 Å². The molecular weight excluding hydrogens is 250 g/mol. The third kappa shape index (κ3) is 2.68. The van der Waals surface area contributed by atoms with Crippen molar-refractivity contribution in [1.82, 2.24) is 4.98 Å². The number of thiazole rings is 1. The molecule has 1 aromatic carbocycles. The minimum absolute atomic E-state index is 0.177. The fourth-order valence-corrected chi connectivity index (χ4v) is 2.47. The zero-order valence-electron chi connectivity index (χ0n) is 10.1. The zero-order chi connectivity index (χ0) is 13.1. The van der Waals surface area contributed by atoms with Gasteiger partial charge in [0.2, 0.25) is 0 Å². The molecule has 0 amide bonds. The number of aromatic nitrogens is 1. The number of rotatable bonds is 4. The van der Waals surface area contributed by atoms with Crippen molar-refractivity contribution in [3.8, 4) is 5.75 Å². The van der Waals surface area contributed by atoms with Gasteiger partial charge in [0.1, 0.15) is 17.9 Å². The molecule has 0 saturated carbocycles. The second-order valence-electron chi connectivity index (χ2n) is 3.83. The van der Waals surface area contributed by atoms with E-state index in [2.05, 4.69) is 4.98 Å². The molecule has 0 bridgehead atoms. The largest absolute Gasteiger partial charge is 0.487 e. The van der Waals surface area contributed by atoms with E-state index in [1.165, 1.54) is 6.07 Å². The summed E-state index contributed by atoms with van der Waals surface area (Å²) in [5, 5.41) is 10.0. The Bertz CT molecular complexity index is 577. The number of nitrogens with zero attached hydrogens (tertiary/aromatic N) is 1. The van der Waals surface area contributed by atoms with Gasteiger partial charge in [0.15, 0.2) is 0 Å². The average Bonchev–Trinajstić information content (AvgIpc) is 2.65. The van der Waals surface area contributed by atoms with Gasteiger partial charge in [-0.1, -0.05) is 12.1 Å². The number of aromatic carboxylic acids is 1. The summed E-state index contributed by atoms with van der Waals surface area (Å²) >= 11 is 1.56. The molecule has 94 valence electrons. The van der Waals surface area contributed by atoms with Crippen molar-refractivity contribution in [1.29, 1.82) is 0 Å². The molecule has 0 aliphatic carbocycles. The van der Waals surface area contributed by atoms with Gasteiger partial charge in [-0.05, 0) is 26.0 Å². The number of carboxylic acid groups (broad SMARTS) is 1. The Kier molecular flexibility index (Phi) is 3.62. The summed E-state index contributed by atoms with van der Waals surface area (Å²) in [4.78, 5) is 16.3. The van der Waals surface area contributed by atoms with Crippen molar-refractivity contribution >= 4 is 17.3 Å². The van der Waals surface area contributed by atoms with Crippen LogP contribution in [0.1, 0.15) is 25.9 Å². The molecule has 0 saturated heterocycles. The van der Waals surface area contributed by atoms with Gasteiger partial charge in [-0.25, -0.2) is 9.78 Å². The Morgan fingerprint density at radius 1 is 1.39 bits per heavy atom. The minimum atomic E-state index is -0.984. The number of benzene rings is 1. The molecule has 0 aliphatic rings. The third-order valence-corrected chi connectivity index (χ3v) is 3.52. The van der Waals surface area contributed by atoms with E-state index >= 15 is 0 Å². The Morgan fingerprint density at radius 2 is 2.11 bits per heavy atom. The fraction of sp³-hybridized carbons (Fsp3) is 0.231. The molecule has 18 heavy (non-hydrogen) atoms. The first-order valence-corrected chi connectivity index (χ1v) is 6.27. The zero-order valence-corrected chi connectivity index (χ0v) is 11.0. The number of hydrogen-bond donors (Lipinski definition) is 1. The van der Waals surface area contributed by atoms with Crippen LogP contribution in [0, 0.1) is 13.8 Å². The molecule has 2 aromatic rings. The van der Waals surface area contributed by atoms with Crippen molar-refractivity contribution in [3.63, 3.8) is 0 Å². The SMILES string of the molecule is Cc1nc(C)c(COc2ccccc2C(=O)O)s1. The van der Waals surface area contributed by atoms with E-state index in [0.29, 0.717) is 12.4 Å². The summed E-state index contributed by atoms with van der Waals surface area (Å²) in [5.41, 5.74) is 1.11. The molecular formula is C13H13NO3S. The predicted octanol–water partition coefficient (Wildman–Crippen LogP) is 3.04. The number of carbonyl (C=O) groups is 1. The molecule has 0 spiro atoms. The Morgan fingerprint density at radius 3 is 2.72 bits per heavy atom. The van der Waals surface area contributed by atoms with Gasteiger partial charge in [0.25, 0.3) is 0 Å². The lowest BCUT2D eigenvalue weighted by molar-refractivity contribution is 0.0692. The number of para-hydroxylation sites is 1.